The average Bonchev–Trinajstić information content (AvgIpc) is 2.71. The fourth-order valence-corrected chi connectivity index (χ4v) is 2.58. The van der Waals surface area contributed by atoms with Gasteiger partial charge in [0.15, 0.2) is 0 Å². The number of methoxy groups -OCH3 is 1. The lowest BCUT2D eigenvalue weighted by atomic mass is 9.88. The Morgan fingerprint density at radius 1 is 1.31 bits per heavy atom. The fraction of sp³-hybridized carbons (Fsp3) is 0.462. The van der Waals surface area contributed by atoms with Gasteiger partial charge in [0.25, 0.3) is 0 Å². The molecule has 2 N–H and O–H groups in total. The summed E-state index contributed by atoms with van der Waals surface area (Å²) in [5.41, 5.74) is 7.17. The lowest BCUT2D eigenvalue weighted by molar-refractivity contribution is -0.146. The molecule has 1 saturated carbocycles. The van der Waals surface area contributed by atoms with Gasteiger partial charge in [0, 0.05) is 6.04 Å². The third-order valence-electron chi connectivity index (χ3n) is 3.41. The molecule has 1 fully saturated rings. The topological polar surface area (TPSA) is 52.3 Å². The first-order valence-corrected chi connectivity index (χ1v) is 5.62. The molecule has 0 saturated heterocycles. The highest BCUT2D eigenvalue weighted by Gasteiger charge is 2.40. The molecule has 86 valence electrons. The number of carbonyl (C=O) groups excluding carboxylic acids is 1. The molecule has 0 unspecified atom stereocenters. The Kier molecular flexibility index (Phi) is 3.25. The van der Waals surface area contributed by atoms with Crippen molar-refractivity contribution in [2.75, 3.05) is 7.11 Å². The first-order chi connectivity index (χ1) is 7.74. The molecule has 16 heavy (non-hydrogen) atoms. The molecule has 2 rings (SSSR count). The number of ether oxygens (including phenoxy) is 1. The smallest absolute Gasteiger partial charge is 0.310 e. The molecular weight excluding hydrogens is 202 g/mol. The molecule has 1 aliphatic carbocycles. The summed E-state index contributed by atoms with van der Waals surface area (Å²) >= 11 is 0. The Balaban J connectivity index is 2.24. The van der Waals surface area contributed by atoms with Gasteiger partial charge in [0.2, 0.25) is 0 Å². The summed E-state index contributed by atoms with van der Waals surface area (Å²) in [6.07, 6.45) is 1.85. The fourth-order valence-electron chi connectivity index (χ4n) is 2.58. The minimum Gasteiger partial charge on any atom is -0.469 e. The van der Waals surface area contributed by atoms with Gasteiger partial charge >= 0.3 is 5.97 Å². The summed E-state index contributed by atoms with van der Waals surface area (Å²) in [6.45, 7) is 0. The van der Waals surface area contributed by atoms with E-state index in [1.165, 1.54) is 12.7 Å². The third-order valence-corrected chi connectivity index (χ3v) is 3.41. The molecule has 1 aromatic rings. The van der Waals surface area contributed by atoms with Crippen LogP contribution in [-0.2, 0) is 9.53 Å². The van der Waals surface area contributed by atoms with Gasteiger partial charge in [-0.25, -0.2) is 0 Å². The van der Waals surface area contributed by atoms with Crippen LogP contribution in [0.3, 0.4) is 0 Å². The van der Waals surface area contributed by atoms with Gasteiger partial charge in [-0.15, -0.1) is 0 Å². The van der Waals surface area contributed by atoms with Crippen LogP contribution in [0.2, 0.25) is 0 Å². The van der Waals surface area contributed by atoms with Crippen LogP contribution in [0.1, 0.15) is 24.3 Å². The van der Waals surface area contributed by atoms with Crippen LogP contribution in [0.15, 0.2) is 30.3 Å². The molecule has 0 radical (unpaired) electrons. The van der Waals surface area contributed by atoms with Gasteiger partial charge in [-0.2, -0.15) is 0 Å². The molecule has 0 amide bonds. The highest BCUT2D eigenvalue weighted by atomic mass is 16.5. The minimum atomic E-state index is -0.188. The van der Waals surface area contributed by atoms with Crippen LogP contribution in [0, 0.1) is 5.92 Å². The highest BCUT2D eigenvalue weighted by Crippen LogP contribution is 2.39. The van der Waals surface area contributed by atoms with Crippen molar-refractivity contribution in [3.63, 3.8) is 0 Å². The van der Waals surface area contributed by atoms with E-state index >= 15 is 0 Å². The number of hydrogen-bond donors (Lipinski definition) is 1. The molecule has 3 heteroatoms. The van der Waals surface area contributed by atoms with Crippen molar-refractivity contribution in [1.29, 1.82) is 0 Å². The van der Waals surface area contributed by atoms with Crippen LogP contribution in [0.5, 0.6) is 0 Å². The van der Waals surface area contributed by atoms with Crippen LogP contribution in [0.4, 0.5) is 0 Å². The maximum atomic E-state index is 11.7. The molecule has 1 aliphatic rings. The van der Waals surface area contributed by atoms with E-state index in [2.05, 4.69) is 12.1 Å². The number of benzene rings is 1. The predicted octanol–water partition coefficient (Wildman–Crippen LogP) is 1.68. The molecule has 3 atom stereocenters. The van der Waals surface area contributed by atoms with Gasteiger partial charge in [-0.3, -0.25) is 4.79 Å². The molecule has 1 aromatic carbocycles. The molecule has 3 nitrogen and oxygen atoms in total. The van der Waals surface area contributed by atoms with E-state index in [0.717, 1.165) is 12.8 Å². The summed E-state index contributed by atoms with van der Waals surface area (Å²) < 4.78 is 4.84. The number of hydrogen-bond acceptors (Lipinski definition) is 3. The molecule has 0 heterocycles. The van der Waals surface area contributed by atoms with E-state index in [4.69, 9.17) is 10.5 Å². The maximum absolute atomic E-state index is 11.7. The Hall–Kier alpha value is -1.35. The number of rotatable bonds is 2. The van der Waals surface area contributed by atoms with E-state index in [1.807, 2.05) is 18.2 Å². The van der Waals surface area contributed by atoms with E-state index < -0.39 is 0 Å². The van der Waals surface area contributed by atoms with Crippen molar-refractivity contribution >= 4 is 5.97 Å². The van der Waals surface area contributed by atoms with Crippen molar-refractivity contribution in [2.45, 2.75) is 24.8 Å². The van der Waals surface area contributed by atoms with Gasteiger partial charge < -0.3 is 10.5 Å². The Labute approximate surface area is 95.6 Å². The van der Waals surface area contributed by atoms with Crippen molar-refractivity contribution < 1.29 is 9.53 Å². The minimum absolute atomic E-state index is 0.0716. The van der Waals surface area contributed by atoms with Gasteiger partial charge in [-0.1, -0.05) is 30.3 Å². The summed E-state index contributed by atoms with van der Waals surface area (Å²) in [7, 11) is 1.43. The van der Waals surface area contributed by atoms with E-state index in [0.29, 0.717) is 0 Å². The lowest BCUT2D eigenvalue weighted by Gasteiger charge is -2.20. The van der Waals surface area contributed by atoms with Crippen LogP contribution in [0.25, 0.3) is 0 Å². The second-order valence-corrected chi connectivity index (χ2v) is 4.31. The zero-order valence-corrected chi connectivity index (χ0v) is 9.43. The number of esters is 1. The van der Waals surface area contributed by atoms with E-state index in [1.54, 1.807) is 0 Å². The maximum Gasteiger partial charge on any atom is 0.310 e. The number of nitrogens with two attached hydrogens (primary N) is 1. The monoisotopic (exact) mass is 219 g/mol. The molecule has 0 aliphatic heterocycles. The second kappa shape index (κ2) is 4.66. The predicted molar refractivity (Wildman–Crippen MR) is 61.9 cm³/mol. The summed E-state index contributed by atoms with van der Waals surface area (Å²) in [6, 6.07) is 10.0. The molecule has 0 bridgehead atoms. The van der Waals surface area contributed by atoms with Gasteiger partial charge in [0.05, 0.1) is 13.0 Å². The van der Waals surface area contributed by atoms with Crippen LogP contribution in [-0.4, -0.2) is 19.1 Å². The van der Waals surface area contributed by atoms with Gasteiger partial charge in [0.1, 0.15) is 0 Å². The van der Waals surface area contributed by atoms with Crippen molar-refractivity contribution in [2.24, 2.45) is 11.7 Å². The zero-order chi connectivity index (χ0) is 11.5. The Morgan fingerprint density at radius 3 is 2.62 bits per heavy atom. The third kappa shape index (κ3) is 1.95. The van der Waals surface area contributed by atoms with Crippen molar-refractivity contribution in [3.05, 3.63) is 35.9 Å². The van der Waals surface area contributed by atoms with E-state index in [9.17, 15) is 4.79 Å². The standard InChI is InChI=1S/C13H17NO2/c1-16-13(15)12-10(7-8-11(12)14)9-5-3-2-4-6-9/h2-6,10-12H,7-8,14H2,1H3/t10-,11+,12+/m1/s1. The summed E-state index contributed by atoms with van der Waals surface area (Å²) in [4.78, 5) is 11.7. The van der Waals surface area contributed by atoms with Crippen LogP contribution < -0.4 is 5.73 Å². The quantitative estimate of drug-likeness (QED) is 0.770. The summed E-state index contributed by atoms with van der Waals surface area (Å²) in [5.74, 6) is -0.157. The van der Waals surface area contributed by atoms with E-state index in [-0.39, 0.29) is 23.8 Å². The lowest BCUT2D eigenvalue weighted by Crippen LogP contribution is -2.34. The summed E-state index contributed by atoms with van der Waals surface area (Å²) in [5, 5.41) is 0. The molecule has 0 spiro atoms. The molecular formula is C13H17NO2. The SMILES string of the molecule is COC(=O)[C@H]1[C@@H](c2ccccc2)CC[C@@H]1N. The van der Waals surface area contributed by atoms with Crippen molar-refractivity contribution in [1.82, 2.24) is 0 Å². The van der Waals surface area contributed by atoms with Crippen molar-refractivity contribution in [3.8, 4) is 0 Å². The van der Waals surface area contributed by atoms with Crippen LogP contribution >= 0.6 is 0 Å². The largest absolute Gasteiger partial charge is 0.469 e. The first-order valence-electron chi connectivity index (χ1n) is 5.62. The zero-order valence-electron chi connectivity index (χ0n) is 9.43. The first kappa shape index (κ1) is 11.1. The highest BCUT2D eigenvalue weighted by molar-refractivity contribution is 5.75. The normalized spacial score (nSPS) is 29.0. The number of carbonyl (C=O) groups is 1. The Morgan fingerprint density at radius 2 is 2.00 bits per heavy atom. The van der Waals surface area contributed by atoms with Gasteiger partial charge in [-0.05, 0) is 24.3 Å². The average molecular weight is 219 g/mol. The second-order valence-electron chi connectivity index (χ2n) is 4.31. The Bertz CT molecular complexity index is 363. The molecule has 0 aromatic heterocycles.